The number of pyridine rings is 1. The van der Waals surface area contributed by atoms with Gasteiger partial charge in [-0.15, -0.1) is 0 Å². The predicted molar refractivity (Wildman–Crippen MR) is 116 cm³/mol. The van der Waals surface area contributed by atoms with E-state index in [1.54, 1.807) is 10.7 Å². The van der Waals surface area contributed by atoms with Crippen molar-refractivity contribution in [2.24, 2.45) is 0 Å². The van der Waals surface area contributed by atoms with Crippen LogP contribution < -0.4 is 11.1 Å². The zero-order chi connectivity index (χ0) is 21.4. The number of aromatic nitrogens is 4. The van der Waals surface area contributed by atoms with Crippen molar-refractivity contribution in [1.82, 2.24) is 24.6 Å². The molecule has 0 aliphatic carbocycles. The van der Waals surface area contributed by atoms with E-state index in [-0.39, 0.29) is 12.1 Å². The second-order valence-electron chi connectivity index (χ2n) is 7.32. The number of nitrogens with one attached hydrogen (secondary N) is 1. The smallest absolute Gasteiger partial charge is 0.346 e. The number of nitrogens with two attached hydrogens (primary N) is 1. The summed E-state index contributed by atoms with van der Waals surface area (Å²) in [6.07, 6.45) is 3.89. The first-order valence-corrected chi connectivity index (χ1v) is 9.95. The van der Waals surface area contributed by atoms with Gasteiger partial charge < -0.3 is 11.1 Å². The summed E-state index contributed by atoms with van der Waals surface area (Å²) in [6, 6.07) is 15.0. The molecule has 9 nitrogen and oxygen atoms in total. The fourth-order valence-electron chi connectivity index (χ4n) is 3.79. The summed E-state index contributed by atoms with van der Waals surface area (Å²) >= 11 is 0. The molecule has 2 amide bonds. The number of amides is 2. The van der Waals surface area contributed by atoms with E-state index in [4.69, 9.17) is 10.6 Å². The highest BCUT2D eigenvalue weighted by molar-refractivity contribution is 5.90. The van der Waals surface area contributed by atoms with Gasteiger partial charge in [0.15, 0.2) is 5.82 Å². The molecule has 31 heavy (non-hydrogen) atoms. The minimum absolute atomic E-state index is 0.133. The molecule has 0 radical (unpaired) electrons. The van der Waals surface area contributed by atoms with Crippen molar-refractivity contribution in [2.45, 2.75) is 19.4 Å². The molecule has 1 aliphatic heterocycles. The summed E-state index contributed by atoms with van der Waals surface area (Å²) in [5.41, 5.74) is 10.6. The summed E-state index contributed by atoms with van der Waals surface area (Å²) < 4.78 is 1.70. The topological polar surface area (TPSA) is 111 Å². The SMILES string of the molecule is Cc1ncc(-c2ccc3c(N)ncnn23)cc1NC(=O)N1OCCC1c1ccccc1. The Bertz CT molecular complexity index is 1260. The number of nitrogens with zero attached hydrogens (tertiary/aromatic N) is 5. The van der Waals surface area contributed by atoms with Crippen molar-refractivity contribution in [3.63, 3.8) is 0 Å². The lowest BCUT2D eigenvalue weighted by molar-refractivity contribution is -0.0829. The lowest BCUT2D eigenvalue weighted by atomic mass is 10.1. The number of fused-ring (bicyclic) bond motifs is 1. The number of rotatable bonds is 3. The lowest BCUT2D eigenvalue weighted by Crippen LogP contribution is -2.33. The van der Waals surface area contributed by atoms with Crippen LogP contribution in [-0.4, -0.2) is 37.3 Å². The summed E-state index contributed by atoms with van der Waals surface area (Å²) in [5, 5.41) is 8.63. The molecular weight excluding hydrogens is 394 g/mol. The third-order valence-corrected chi connectivity index (χ3v) is 5.40. The van der Waals surface area contributed by atoms with E-state index >= 15 is 0 Å². The third kappa shape index (κ3) is 3.44. The van der Waals surface area contributed by atoms with Crippen LogP contribution in [0, 0.1) is 6.92 Å². The van der Waals surface area contributed by atoms with Gasteiger partial charge in [-0.1, -0.05) is 30.3 Å². The molecule has 1 unspecified atom stereocenters. The standard InChI is InChI=1S/C22H21N7O2/c1-14-17(27-22(30)29-19(9-10-31-29)15-5-3-2-4-6-15)11-16(12-24-14)18-7-8-20-21(23)25-13-26-28(18)20/h2-8,11-13,19H,9-10H2,1H3,(H,27,30)(H2,23,25,26). The molecule has 1 aromatic carbocycles. The average Bonchev–Trinajstić information content (AvgIpc) is 3.44. The van der Waals surface area contributed by atoms with E-state index in [9.17, 15) is 4.79 Å². The number of anilines is 2. The Kier molecular flexibility index (Phi) is 4.72. The third-order valence-electron chi connectivity index (χ3n) is 5.40. The summed E-state index contributed by atoms with van der Waals surface area (Å²) in [7, 11) is 0. The van der Waals surface area contributed by atoms with Gasteiger partial charge >= 0.3 is 6.03 Å². The quantitative estimate of drug-likeness (QED) is 0.529. The predicted octanol–water partition coefficient (Wildman–Crippen LogP) is 3.59. The number of hydrogen-bond donors (Lipinski definition) is 2. The highest BCUT2D eigenvalue weighted by Gasteiger charge is 2.32. The summed E-state index contributed by atoms with van der Waals surface area (Å²) in [6.45, 7) is 2.33. The number of hydroxylamine groups is 2. The van der Waals surface area contributed by atoms with Crippen LogP contribution in [0.15, 0.2) is 61.1 Å². The van der Waals surface area contributed by atoms with Crippen molar-refractivity contribution in [3.8, 4) is 11.3 Å². The lowest BCUT2D eigenvalue weighted by Gasteiger charge is -2.23. The Labute approximate surface area is 178 Å². The zero-order valence-electron chi connectivity index (χ0n) is 16.9. The fourth-order valence-corrected chi connectivity index (χ4v) is 3.79. The number of hydrogen-bond acceptors (Lipinski definition) is 6. The van der Waals surface area contributed by atoms with Gasteiger partial charge in [0.2, 0.25) is 0 Å². The van der Waals surface area contributed by atoms with Crippen LogP contribution >= 0.6 is 0 Å². The molecule has 4 heterocycles. The van der Waals surface area contributed by atoms with Gasteiger partial charge in [-0.3, -0.25) is 9.82 Å². The molecule has 4 aromatic rings. The molecule has 156 valence electrons. The molecule has 0 spiro atoms. The van der Waals surface area contributed by atoms with Crippen molar-refractivity contribution in [1.29, 1.82) is 0 Å². The van der Waals surface area contributed by atoms with E-state index in [0.717, 1.165) is 23.2 Å². The molecular formula is C22H21N7O2. The van der Waals surface area contributed by atoms with E-state index in [1.807, 2.05) is 55.5 Å². The maximum absolute atomic E-state index is 13.0. The van der Waals surface area contributed by atoms with Crippen LogP contribution in [0.25, 0.3) is 16.8 Å². The van der Waals surface area contributed by atoms with Gasteiger partial charge in [-0.25, -0.2) is 14.3 Å². The van der Waals surface area contributed by atoms with Crippen LogP contribution in [-0.2, 0) is 4.84 Å². The molecule has 1 atom stereocenters. The Morgan fingerprint density at radius 2 is 2.03 bits per heavy atom. The van der Waals surface area contributed by atoms with Crippen LogP contribution in [0.1, 0.15) is 23.7 Å². The first-order valence-electron chi connectivity index (χ1n) is 9.95. The Morgan fingerprint density at radius 1 is 1.19 bits per heavy atom. The van der Waals surface area contributed by atoms with Crippen molar-refractivity contribution < 1.29 is 9.63 Å². The Hall–Kier alpha value is -3.98. The number of benzene rings is 1. The molecule has 0 saturated carbocycles. The van der Waals surface area contributed by atoms with Gasteiger partial charge in [0.1, 0.15) is 11.8 Å². The van der Waals surface area contributed by atoms with Crippen LogP contribution in [0.3, 0.4) is 0 Å². The second-order valence-corrected chi connectivity index (χ2v) is 7.32. The van der Waals surface area contributed by atoms with E-state index < -0.39 is 0 Å². The number of carbonyl (C=O) groups excluding carboxylic acids is 1. The van der Waals surface area contributed by atoms with Crippen LogP contribution in [0.2, 0.25) is 0 Å². The minimum atomic E-state index is -0.333. The van der Waals surface area contributed by atoms with Crippen LogP contribution in [0.5, 0.6) is 0 Å². The summed E-state index contributed by atoms with van der Waals surface area (Å²) in [4.78, 5) is 27.1. The Morgan fingerprint density at radius 3 is 2.87 bits per heavy atom. The molecule has 5 rings (SSSR count). The average molecular weight is 415 g/mol. The number of carbonyl (C=O) groups is 1. The monoisotopic (exact) mass is 415 g/mol. The van der Waals surface area contributed by atoms with Gasteiger partial charge in [0.05, 0.1) is 29.7 Å². The molecule has 1 fully saturated rings. The first kappa shape index (κ1) is 19.0. The minimum Gasteiger partial charge on any atom is -0.382 e. The number of aryl methyl sites for hydroxylation is 1. The summed E-state index contributed by atoms with van der Waals surface area (Å²) in [5.74, 6) is 0.396. The van der Waals surface area contributed by atoms with Crippen molar-refractivity contribution in [2.75, 3.05) is 17.7 Å². The van der Waals surface area contributed by atoms with Gasteiger partial charge in [-0.2, -0.15) is 10.2 Å². The normalized spacial score (nSPS) is 16.0. The highest BCUT2D eigenvalue weighted by atomic mass is 16.7. The molecule has 1 saturated heterocycles. The van der Waals surface area contributed by atoms with Crippen molar-refractivity contribution >= 4 is 23.1 Å². The maximum Gasteiger partial charge on any atom is 0.346 e. The van der Waals surface area contributed by atoms with E-state index in [1.165, 1.54) is 11.4 Å². The largest absolute Gasteiger partial charge is 0.382 e. The maximum atomic E-state index is 13.0. The highest BCUT2D eigenvalue weighted by Crippen LogP contribution is 2.32. The van der Waals surface area contributed by atoms with Crippen LogP contribution in [0.4, 0.5) is 16.3 Å². The van der Waals surface area contributed by atoms with Gasteiger partial charge in [0, 0.05) is 18.2 Å². The van der Waals surface area contributed by atoms with Crippen molar-refractivity contribution in [3.05, 3.63) is 72.3 Å². The van der Waals surface area contributed by atoms with E-state index in [0.29, 0.717) is 29.3 Å². The molecule has 9 heteroatoms. The molecule has 1 aliphatic rings. The van der Waals surface area contributed by atoms with Gasteiger partial charge in [0.25, 0.3) is 0 Å². The molecule has 0 bridgehead atoms. The Balaban J connectivity index is 1.43. The molecule has 3 N–H and O–H groups in total. The zero-order valence-corrected chi connectivity index (χ0v) is 16.9. The number of urea groups is 1. The van der Waals surface area contributed by atoms with Gasteiger partial charge in [-0.05, 0) is 30.7 Å². The number of nitrogen functional groups attached to an aromatic ring is 1. The molecule has 3 aromatic heterocycles. The fraction of sp³-hybridized carbons (Fsp3) is 0.182. The van der Waals surface area contributed by atoms with E-state index in [2.05, 4.69) is 20.4 Å². The first-order chi connectivity index (χ1) is 15.1. The second kappa shape index (κ2) is 7.69.